The summed E-state index contributed by atoms with van der Waals surface area (Å²) in [6, 6.07) is 10.2. The fourth-order valence-electron chi connectivity index (χ4n) is 5.81. The number of allylic oxidation sites excluding steroid dienone is 2. The molecule has 5 atom stereocenters. The van der Waals surface area contributed by atoms with E-state index in [4.69, 9.17) is 9.47 Å². The number of hydrogen-bond donors (Lipinski definition) is 0. The van der Waals surface area contributed by atoms with E-state index in [1.165, 1.54) is 20.6 Å². The second-order valence-electron chi connectivity index (χ2n) is 8.84. The van der Waals surface area contributed by atoms with E-state index in [-0.39, 0.29) is 18.0 Å². The number of carbonyl (C=O) groups excluding carboxylic acids is 3. The van der Waals surface area contributed by atoms with Gasteiger partial charge in [-0.15, -0.1) is 0 Å². The van der Waals surface area contributed by atoms with E-state index in [2.05, 4.69) is 12.1 Å². The first-order chi connectivity index (χ1) is 15.1. The Morgan fingerprint density at radius 1 is 0.968 bits per heavy atom. The normalized spacial score (nSPS) is 31.1. The van der Waals surface area contributed by atoms with E-state index in [1.54, 1.807) is 0 Å². The lowest BCUT2D eigenvalue weighted by molar-refractivity contribution is -0.175. The average molecular weight is 426 g/mol. The van der Waals surface area contributed by atoms with Crippen LogP contribution >= 0.6 is 0 Å². The maximum Gasteiger partial charge on any atom is 0.310 e. The third-order valence-corrected chi connectivity index (χ3v) is 7.28. The molecule has 2 fully saturated rings. The molecule has 0 bridgehead atoms. The minimum absolute atomic E-state index is 0.0785. The summed E-state index contributed by atoms with van der Waals surface area (Å²) in [4.78, 5) is 40.9. The van der Waals surface area contributed by atoms with Gasteiger partial charge in [-0.05, 0) is 24.8 Å². The summed E-state index contributed by atoms with van der Waals surface area (Å²) in [5.74, 6) is -2.97. The third kappa shape index (κ3) is 3.88. The van der Waals surface area contributed by atoms with Crippen LogP contribution in [0.4, 0.5) is 0 Å². The number of β-lactam (4-membered cyclic amide) rings is 1. The zero-order valence-corrected chi connectivity index (χ0v) is 18.2. The first-order valence-electron chi connectivity index (χ1n) is 11.3. The first kappa shape index (κ1) is 21.6. The summed E-state index contributed by atoms with van der Waals surface area (Å²) in [5.41, 5.74) is 1.08. The van der Waals surface area contributed by atoms with Crippen molar-refractivity contribution < 1.29 is 23.9 Å². The highest BCUT2D eigenvalue weighted by Gasteiger charge is 2.58. The van der Waals surface area contributed by atoms with E-state index in [0.717, 1.165) is 31.2 Å². The Labute approximate surface area is 183 Å². The molecular formula is C25H31NO5. The molecule has 0 radical (unpaired) electrons. The van der Waals surface area contributed by atoms with Crippen molar-refractivity contribution >= 4 is 17.8 Å². The summed E-state index contributed by atoms with van der Waals surface area (Å²) in [5, 5.41) is 0. The van der Waals surface area contributed by atoms with Crippen molar-refractivity contribution in [2.24, 2.45) is 23.7 Å². The molecule has 0 N–H and O–H groups in total. The Morgan fingerprint density at radius 3 is 2.29 bits per heavy atom. The third-order valence-electron chi connectivity index (χ3n) is 7.28. The molecule has 0 spiro atoms. The van der Waals surface area contributed by atoms with E-state index in [0.29, 0.717) is 6.42 Å². The van der Waals surface area contributed by atoms with E-state index < -0.39 is 35.6 Å². The number of methoxy groups -OCH3 is 2. The maximum atomic E-state index is 13.6. The molecule has 1 aromatic carbocycles. The lowest BCUT2D eigenvalue weighted by Crippen LogP contribution is -2.63. The highest BCUT2D eigenvalue weighted by molar-refractivity contribution is 5.90. The standard InChI is InChI=1S/C25H31NO5/c1-30-24(28)19-15-9-14-18(20(19)25(29)31-2)21-22(16-10-5-3-6-11-16)26(23(21)27)17-12-7-4-8-13-17/h3,5-6,9-11,14,17-22H,4,7-8,12-13,15H2,1-2H3/t18-,19-,20-,21-,22+/m1/s1. The molecule has 1 aromatic rings. The SMILES string of the molecule is COC(=O)[C@@H]1[C@H]([C@H]2C(=O)N(C3CCCCC3)[C@H]2c2ccccc2)C=CC[C@H]1C(=O)OC. The number of amides is 1. The molecule has 31 heavy (non-hydrogen) atoms. The van der Waals surface area contributed by atoms with Crippen LogP contribution in [0.3, 0.4) is 0 Å². The van der Waals surface area contributed by atoms with Crippen LogP contribution in [-0.2, 0) is 23.9 Å². The Kier molecular flexibility index (Phi) is 6.44. The van der Waals surface area contributed by atoms with E-state index in [9.17, 15) is 14.4 Å². The molecule has 166 valence electrons. The topological polar surface area (TPSA) is 72.9 Å². The molecule has 1 aliphatic heterocycles. The van der Waals surface area contributed by atoms with Crippen LogP contribution in [0.15, 0.2) is 42.5 Å². The molecule has 0 aromatic heterocycles. The largest absolute Gasteiger partial charge is 0.469 e. The van der Waals surface area contributed by atoms with Crippen molar-refractivity contribution in [2.45, 2.75) is 50.6 Å². The van der Waals surface area contributed by atoms with Crippen molar-refractivity contribution in [3.05, 3.63) is 48.0 Å². The van der Waals surface area contributed by atoms with Gasteiger partial charge in [-0.1, -0.05) is 61.7 Å². The number of nitrogens with zero attached hydrogens (tertiary/aromatic N) is 1. The Bertz CT molecular complexity index is 845. The van der Waals surface area contributed by atoms with Crippen molar-refractivity contribution in [3.63, 3.8) is 0 Å². The van der Waals surface area contributed by atoms with Crippen LogP contribution in [-0.4, -0.2) is 43.0 Å². The quantitative estimate of drug-likeness (QED) is 0.409. The molecule has 0 unspecified atom stereocenters. The summed E-state index contributed by atoms with van der Waals surface area (Å²) in [7, 11) is 2.66. The Hall–Kier alpha value is -2.63. The van der Waals surface area contributed by atoms with Crippen molar-refractivity contribution in [2.75, 3.05) is 14.2 Å². The summed E-state index contributed by atoms with van der Waals surface area (Å²) in [6.45, 7) is 0. The summed E-state index contributed by atoms with van der Waals surface area (Å²) < 4.78 is 10.1. The number of benzene rings is 1. The number of likely N-dealkylation sites (tertiary alicyclic amines) is 1. The molecule has 4 rings (SSSR count). The van der Waals surface area contributed by atoms with Crippen LogP contribution in [0.5, 0.6) is 0 Å². The second-order valence-corrected chi connectivity index (χ2v) is 8.84. The molecule has 1 amide bonds. The maximum absolute atomic E-state index is 13.6. The van der Waals surface area contributed by atoms with Crippen molar-refractivity contribution in [3.8, 4) is 0 Å². The van der Waals surface area contributed by atoms with Gasteiger partial charge < -0.3 is 14.4 Å². The zero-order valence-electron chi connectivity index (χ0n) is 18.2. The molecule has 1 saturated heterocycles. The van der Waals surface area contributed by atoms with Crippen LogP contribution in [0.1, 0.15) is 50.1 Å². The fourth-order valence-corrected chi connectivity index (χ4v) is 5.81. The number of ether oxygens (including phenoxy) is 2. The van der Waals surface area contributed by atoms with Crippen molar-refractivity contribution in [1.29, 1.82) is 0 Å². The molecule has 1 saturated carbocycles. The van der Waals surface area contributed by atoms with Gasteiger partial charge in [0.05, 0.1) is 38.0 Å². The van der Waals surface area contributed by atoms with Gasteiger partial charge in [-0.2, -0.15) is 0 Å². The zero-order chi connectivity index (χ0) is 22.0. The Morgan fingerprint density at radius 2 is 1.65 bits per heavy atom. The predicted molar refractivity (Wildman–Crippen MR) is 115 cm³/mol. The molecular weight excluding hydrogens is 394 g/mol. The summed E-state index contributed by atoms with van der Waals surface area (Å²) >= 11 is 0. The molecule has 6 heteroatoms. The first-order valence-corrected chi connectivity index (χ1v) is 11.3. The van der Waals surface area contributed by atoms with Gasteiger partial charge in [0.2, 0.25) is 5.91 Å². The van der Waals surface area contributed by atoms with E-state index in [1.807, 2.05) is 35.3 Å². The molecule has 6 nitrogen and oxygen atoms in total. The number of esters is 2. The van der Waals surface area contributed by atoms with E-state index >= 15 is 0 Å². The second kappa shape index (κ2) is 9.25. The predicted octanol–water partition coefficient (Wildman–Crippen LogP) is 3.67. The van der Waals surface area contributed by atoms with Gasteiger partial charge in [0, 0.05) is 12.0 Å². The minimum Gasteiger partial charge on any atom is -0.469 e. The van der Waals surface area contributed by atoms with Crippen molar-refractivity contribution in [1.82, 2.24) is 4.90 Å². The van der Waals surface area contributed by atoms with Gasteiger partial charge in [-0.25, -0.2) is 0 Å². The van der Waals surface area contributed by atoms with Gasteiger partial charge >= 0.3 is 11.9 Å². The van der Waals surface area contributed by atoms with Crippen LogP contribution < -0.4 is 0 Å². The monoisotopic (exact) mass is 425 g/mol. The smallest absolute Gasteiger partial charge is 0.310 e. The minimum atomic E-state index is -0.726. The fraction of sp³-hybridized carbons (Fsp3) is 0.560. The molecule has 1 heterocycles. The number of hydrogen-bond acceptors (Lipinski definition) is 5. The lowest BCUT2D eigenvalue weighted by Gasteiger charge is -2.55. The van der Waals surface area contributed by atoms with Crippen LogP contribution in [0.25, 0.3) is 0 Å². The average Bonchev–Trinajstić information content (AvgIpc) is 2.82. The highest BCUT2D eigenvalue weighted by atomic mass is 16.5. The van der Waals surface area contributed by atoms with Crippen LogP contribution in [0, 0.1) is 23.7 Å². The van der Waals surface area contributed by atoms with Gasteiger partial charge in [0.25, 0.3) is 0 Å². The number of carbonyl (C=O) groups is 3. The molecule has 2 aliphatic carbocycles. The summed E-state index contributed by atoms with van der Waals surface area (Å²) in [6.07, 6.45) is 9.79. The number of rotatable bonds is 5. The van der Waals surface area contributed by atoms with Crippen LogP contribution in [0.2, 0.25) is 0 Å². The lowest BCUT2D eigenvalue weighted by atomic mass is 9.63. The van der Waals surface area contributed by atoms with Gasteiger partial charge in [-0.3, -0.25) is 14.4 Å². The van der Waals surface area contributed by atoms with Gasteiger partial charge in [0.15, 0.2) is 0 Å². The Balaban J connectivity index is 1.70. The van der Waals surface area contributed by atoms with Gasteiger partial charge in [0.1, 0.15) is 0 Å². The highest BCUT2D eigenvalue weighted by Crippen LogP contribution is 2.52. The molecule has 3 aliphatic rings.